The van der Waals surface area contributed by atoms with Crippen LogP contribution in [0.15, 0.2) is 30.1 Å². The van der Waals surface area contributed by atoms with Crippen molar-refractivity contribution in [2.75, 3.05) is 43.2 Å². The molecule has 5 rings (SSSR count). The van der Waals surface area contributed by atoms with E-state index in [9.17, 15) is 14.7 Å². The molecule has 0 radical (unpaired) electrons. The van der Waals surface area contributed by atoms with Crippen LogP contribution >= 0.6 is 11.6 Å². The molecule has 0 saturated carbocycles. The van der Waals surface area contributed by atoms with E-state index in [2.05, 4.69) is 15.3 Å². The second kappa shape index (κ2) is 12.5. The van der Waals surface area contributed by atoms with Crippen molar-refractivity contribution >= 4 is 40.8 Å². The minimum Gasteiger partial charge on any atom is -0.491 e. The Hall–Kier alpha value is -4.33. The van der Waals surface area contributed by atoms with Crippen LogP contribution in [-0.2, 0) is 22.6 Å². The molecule has 13 nitrogen and oxygen atoms in total. The first-order valence-electron chi connectivity index (χ1n) is 13.7. The minimum absolute atomic E-state index is 0.0704. The Bertz CT molecular complexity index is 1610. The van der Waals surface area contributed by atoms with Gasteiger partial charge in [-0.2, -0.15) is 0 Å². The Morgan fingerprint density at radius 1 is 1.26 bits per heavy atom. The van der Waals surface area contributed by atoms with Crippen LogP contribution in [0.4, 0.5) is 16.6 Å². The van der Waals surface area contributed by atoms with Crippen molar-refractivity contribution < 1.29 is 24.2 Å². The van der Waals surface area contributed by atoms with Gasteiger partial charge in [-0.15, -0.1) is 0 Å². The van der Waals surface area contributed by atoms with Crippen molar-refractivity contribution in [3.8, 4) is 17.1 Å². The van der Waals surface area contributed by atoms with Crippen LogP contribution in [0.1, 0.15) is 36.4 Å². The van der Waals surface area contributed by atoms with Gasteiger partial charge in [0.1, 0.15) is 30.9 Å². The normalized spacial score (nSPS) is 15.7. The number of fused-ring (bicyclic) bond motifs is 1. The zero-order valence-corrected chi connectivity index (χ0v) is 25.1. The number of rotatable bonds is 10. The first-order chi connectivity index (χ1) is 20.6. The number of halogens is 1. The molecule has 1 fully saturated rings. The molecule has 14 heteroatoms. The molecule has 0 unspecified atom stereocenters. The van der Waals surface area contributed by atoms with E-state index in [1.807, 2.05) is 11.8 Å². The molecule has 4 heterocycles. The van der Waals surface area contributed by atoms with Gasteiger partial charge in [-0.1, -0.05) is 11.6 Å². The number of ether oxygens (including phenoxy) is 2. The molecular weight excluding hydrogens is 576 g/mol. The number of nitrogens with one attached hydrogen (secondary N) is 1. The molecule has 3 aromatic rings. The summed E-state index contributed by atoms with van der Waals surface area (Å²) >= 11 is 6.64. The van der Waals surface area contributed by atoms with Crippen LogP contribution in [0, 0.1) is 6.92 Å². The van der Waals surface area contributed by atoms with E-state index in [4.69, 9.17) is 36.8 Å². The lowest BCUT2D eigenvalue weighted by atomic mass is 10.0. The van der Waals surface area contributed by atoms with Crippen LogP contribution in [0.25, 0.3) is 17.0 Å². The van der Waals surface area contributed by atoms with Gasteiger partial charge in [-0.05, 0) is 46.0 Å². The molecule has 1 saturated heterocycles. The number of Topliss-reactive ketones (excluding diaryl/α,β-unsaturated/α-hetero) is 1. The Kier molecular flexibility index (Phi) is 8.76. The van der Waals surface area contributed by atoms with Crippen LogP contribution < -0.4 is 25.6 Å². The van der Waals surface area contributed by atoms with Gasteiger partial charge in [-0.3, -0.25) is 4.79 Å². The van der Waals surface area contributed by atoms with Gasteiger partial charge in [-0.25, -0.2) is 29.6 Å². The maximum atomic E-state index is 12.8. The summed E-state index contributed by atoms with van der Waals surface area (Å²) in [5.74, 6) is 1.35. The number of aliphatic hydroxyl groups is 1. The molecule has 4 N–H and O–H groups in total. The summed E-state index contributed by atoms with van der Waals surface area (Å²) in [6, 6.07) is 5.06. The summed E-state index contributed by atoms with van der Waals surface area (Å²) in [5.41, 5.74) is 9.94. The molecule has 226 valence electrons. The number of anilines is 2. The number of nitrogens with two attached hydrogens (primary N) is 1. The maximum absolute atomic E-state index is 12.8. The third-order valence-electron chi connectivity index (χ3n) is 7.11. The van der Waals surface area contributed by atoms with Crippen LogP contribution in [0.3, 0.4) is 0 Å². The zero-order chi connectivity index (χ0) is 30.8. The summed E-state index contributed by atoms with van der Waals surface area (Å²) in [6.45, 7) is 6.87. The van der Waals surface area contributed by atoms with Crippen molar-refractivity contribution in [3.63, 3.8) is 0 Å². The van der Waals surface area contributed by atoms with Gasteiger partial charge in [0, 0.05) is 41.7 Å². The molecule has 1 aromatic carbocycles. The lowest BCUT2D eigenvalue weighted by Gasteiger charge is -2.22. The third-order valence-corrected chi connectivity index (χ3v) is 7.44. The molecule has 43 heavy (non-hydrogen) atoms. The topological polar surface area (TPSA) is 169 Å². The largest absolute Gasteiger partial charge is 0.491 e. The summed E-state index contributed by atoms with van der Waals surface area (Å²) in [4.78, 5) is 47.0. The lowest BCUT2D eigenvalue weighted by molar-refractivity contribution is -0.111. The summed E-state index contributed by atoms with van der Waals surface area (Å²) in [7, 11) is 1.74. The van der Waals surface area contributed by atoms with E-state index in [1.165, 1.54) is 11.8 Å². The smallest absolute Gasteiger partial charge is 0.416 e. The highest BCUT2D eigenvalue weighted by Gasteiger charge is 2.31. The maximum Gasteiger partial charge on any atom is 0.416 e. The highest BCUT2D eigenvalue weighted by molar-refractivity contribution is 6.33. The highest BCUT2D eigenvalue weighted by Crippen LogP contribution is 2.37. The van der Waals surface area contributed by atoms with Gasteiger partial charge < -0.3 is 30.5 Å². The number of cyclic esters (lactones) is 1. The van der Waals surface area contributed by atoms with Crippen LogP contribution in [-0.4, -0.2) is 76.4 Å². The number of aromatic nitrogens is 4. The third kappa shape index (κ3) is 6.24. The molecule has 2 aromatic heterocycles. The highest BCUT2D eigenvalue weighted by atomic mass is 35.5. The second-order valence-corrected chi connectivity index (χ2v) is 10.8. The standard InChI is InChI=1S/C29H33ClN8O5/c1-15-25(24(16(2)31)17(3)39)35-26(21-9-20(5-6-22(21)30)43-14-19(40)11-32-4)36-27(15)37-12-18-10-33-28(34-23(18)13-37)38-7-8-42-29(38)41/h5-6,9-10,19,32,40H,7-8,11-14,31H2,1-4H3/t19-/m1/s1. The lowest BCUT2D eigenvalue weighted by Crippen LogP contribution is -2.29. The van der Waals surface area contributed by atoms with Crippen molar-refractivity contribution in [3.05, 3.63) is 57.6 Å². The number of benzene rings is 1. The van der Waals surface area contributed by atoms with E-state index in [1.54, 1.807) is 38.4 Å². The van der Waals surface area contributed by atoms with E-state index in [0.717, 1.165) is 11.3 Å². The number of hydrogen-bond acceptors (Lipinski definition) is 12. The Labute approximate surface area is 253 Å². The summed E-state index contributed by atoms with van der Waals surface area (Å²) in [5, 5.41) is 13.4. The Morgan fingerprint density at radius 2 is 2.05 bits per heavy atom. The van der Waals surface area contributed by atoms with E-state index >= 15 is 0 Å². The van der Waals surface area contributed by atoms with Gasteiger partial charge in [0.25, 0.3) is 0 Å². The van der Waals surface area contributed by atoms with E-state index in [0.29, 0.717) is 65.3 Å². The molecule has 0 bridgehead atoms. The SMILES string of the molecule is CNC[C@@H](O)COc1ccc(Cl)c(-c2nc(C(C(C)=O)=C(C)N)c(C)c(N3Cc4cnc(N5CCOC5=O)nc4C3)n2)c1. The van der Waals surface area contributed by atoms with E-state index in [-0.39, 0.29) is 36.3 Å². The molecule has 1 amide bonds. The molecule has 0 spiro atoms. The summed E-state index contributed by atoms with van der Waals surface area (Å²) in [6.07, 6.45) is 0.522. The first kappa shape index (κ1) is 30.1. The number of allylic oxidation sites excluding steroid dienone is 2. The van der Waals surface area contributed by atoms with Crippen molar-refractivity contribution in [1.82, 2.24) is 25.3 Å². The number of likely N-dealkylation sites (N-methyl/N-ethyl adjacent to an activating group) is 1. The second-order valence-electron chi connectivity index (χ2n) is 10.4. The van der Waals surface area contributed by atoms with E-state index < -0.39 is 12.2 Å². The zero-order valence-electron chi connectivity index (χ0n) is 24.3. The predicted molar refractivity (Wildman–Crippen MR) is 161 cm³/mol. The average Bonchev–Trinajstić information content (AvgIpc) is 3.59. The first-order valence-corrected chi connectivity index (χ1v) is 14.1. The molecule has 1 atom stereocenters. The fourth-order valence-corrected chi connectivity index (χ4v) is 5.26. The molecule has 2 aliphatic heterocycles. The van der Waals surface area contributed by atoms with Gasteiger partial charge >= 0.3 is 6.09 Å². The number of ketones is 1. The molecule has 2 aliphatic rings. The Morgan fingerprint density at radius 3 is 2.72 bits per heavy atom. The average molecular weight is 609 g/mol. The monoisotopic (exact) mass is 608 g/mol. The number of aliphatic hydroxyl groups excluding tert-OH is 1. The number of carbonyl (C=O) groups is 2. The fraction of sp³-hybridized carbons (Fsp3) is 0.379. The predicted octanol–water partition coefficient (Wildman–Crippen LogP) is 2.61. The number of amides is 1. The summed E-state index contributed by atoms with van der Waals surface area (Å²) < 4.78 is 10.8. The molecule has 0 aliphatic carbocycles. The van der Waals surface area contributed by atoms with Gasteiger partial charge in [0.2, 0.25) is 5.95 Å². The minimum atomic E-state index is -0.703. The number of nitrogens with zero attached hydrogens (tertiary/aromatic N) is 6. The van der Waals surface area contributed by atoms with Crippen LogP contribution in [0.5, 0.6) is 5.75 Å². The van der Waals surface area contributed by atoms with Gasteiger partial charge in [0.05, 0.1) is 35.1 Å². The fourth-order valence-electron chi connectivity index (χ4n) is 5.06. The quantitative estimate of drug-likeness (QED) is 0.288. The van der Waals surface area contributed by atoms with Crippen molar-refractivity contribution in [2.24, 2.45) is 5.73 Å². The van der Waals surface area contributed by atoms with Gasteiger partial charge in [0.15, 0.2) is 11.6 Å². The van der Waals surface area contributed by atoms with Crippen molar-refractivity contribution in [2.45, 2.75) is 40.0 Å². The van der Waals surface area contributed by atoms with Crippen molar-refractivity contribution in [1.29, 1.82) is 0 Å². The molecular formula is C29H33ClN8O5. The Balaban J connectivity index is 1.56. The number of hydrogen-bond donors (Lipinski definition) is 3. The number of carbonyl (C=O) groups excluding carboxylic acids is 2. The van der Waals surface area contributed by atoms with Crippen LogP contribution in [0.2, 0.25) is 5.02 Å².